The summed E-state index contributed by atoms with van der Waals surface area (Å²) in [5.74, 6) is -2.55. The van der Waals surface area contributed by atoms with Gasteiger partial charge in [-0.05, 0) is 54.8 Å². The van der Waals surface area contributed by atoms with Crippen LogP contribution in [0.3, 0.4) is 0 Å². The average molecular weight is 560 g/mol. The van der Waals surface area contributed by atoms with E-state index in [1.165, 1.54) is 6.07 Å². The van der Waals surface area contributed by atoms with Crippen LogP contribution in [0.5, 0.6) is 5.75 Å². The van der Waals surface area contributed by atoms with Gasteiger partial charge in [0.05, 0.1) is 17.2 Å². The Bertz CT molecular complexity index is 1290. The maximum atomic E-state index is 14.8. The number of benzene rings is 3. The number of urea groups is 1. The van der Waals surface area contributed by atoms with Gasteiger partial charge in [0.15, 0.2) is 0 Å². The summed E-state index contributed by atoms with van der Waals surface area (Å²) in [6, 6.07) is 11.6. The number of halogens is 8. The number of alkyl halides is 6. The number of amides is 2. The Morgan fingerprint density at radius 3 is 2.13 bits per heavy atom. The summed E-state index contributed by atoms with van der Waals surface area (Å²) in [5.41, 5.74) is -3.87. The molecule has 210 valence electrons. The van der Waals surface area contributed by atoms with Gasteiger partial charge < -0.3 is 15.4 Å². The van der Waals surface area contributed by atoms with Gasteiger partial charge in [-0.1, -0.05) is 36.4 Å². The summed E-state index contributed by atoms with van der Waals surface area (Å²) in [6.45, 7) is 1.53. The lowest BCUT2D eigenvalue weighted by Gasteiger charge is -2.37. The maximum Gasteiger partial charge on any atom is 0.419 e. The summed E-state index contributed by atoms with van der Waals surface area (Å²) in [6.07, 6.45) is -10.7. The fourth-order valence-corrected chi connectivity index (χ4v) is 4.04. The van der Waals surface area contributed by atoms with Gasteiger partial charge in [0.25, 0.3) is 0 Å². The first-order chi connectivity index (χ1) is 18.1. The molecular formula is C27H24F8N2O2. The number of hydrogen-bond acceptors (Lipinski definition) is 2. The van der Waals surface area contributed by atoms with Crippen molar-refractivity contribution in [2.24, 2.45) is 0 Å². The molecule has 0 heterocycles. The molecule has 0 aromatic heterocycles. The number of carbonyl (C=O) groups is 1. The molecule has 2 amide bonds. The normalized spacial score (nSPS) is 13.6. The molecule has 0 aliphatic rings. The van der Waals surface area contributed by atoms with E-state index < -0.39 is 53.8 Å². The first kappa shape index (κ1) is 29.7. The Balaban J connectivity index is 2.32. The van der Waals surface area contributed by atoms with Crippen molar-refractivity contribution in [1.82, 2.24) is 10.6 Å². The minimum Gasteiger partial charge on any atom is -0.491 e. The Hall–Kier alpha value is -3.83. The molecular weight excluding hydrogens is 536 g/mol. The molecule has 0 saturated heterocycles. The molecule has 39 heavy (non-hydrogen) atoms. The first-order valence-electron chi connectivity index (χ1n) is 11.6. The molecule has 0 radical (unpaired) electrons. The van der Waals surface area contributed by atoms with Gasteiger partial charge in [-0.25, -0.2) is 13.6 Å². The largest absolute Gasteiger partial charge is 0.491 e. The molecule has 3 aromatic carbocycles. The number of nitrogens with one attached hydrogen (secondary N) is 2. The fraction of sp³-hybridized carbons (Fsp3) is 0.296. The van der Waals surface area contributed by atoms with Gasteiger partial charge in [0.1, 0.15) is 23.9 Å². The lowest BCUT2D eigenvalue weighted by Crippen LogP contribution is -2.53. The second-order valence-corrected chi connectivity index (χ2v) is 9.03. The van der Waals surface area contributed by atoms with Crippen molar-refractivity contribution >= 4 is 6.03 Å². The van der Waals surface area contributed by atoms with Gasteiger partial charge in [-0.2, -0.15) is 26.3 Å². The van der Waals surface area contributed by atoms with Crippen molar-refractivity contribution in [3.8, 4) is 5.75 Å². The first-order valence-corrected chi connectivity index (χ1v) is 11.6. The molecule has 1 unspecified atom stereocenters. The van der Waals surface area contributed by atoms with Crippen molar-refractivity contribution in [1.29, 1.82) is 0 Å². The van der Waals surface area contributed by atoms with E-state index in [2.05, 4.69) is 5.32 Å². The lowest BCUT2D eigenvalue weighted by molar-refractivity contribution is -0.140. The summed E-state index contributed by atoms with van der Waals surface area (Å²) < 4.78 is 114. The van der Waals surface area contributed by atoms with Gasteiger partial charge >= 0.3 is 18.4 Å². The highest BCUT2D eigenvalue weighted by Crippen LogP contribution is 2.40. The average Bonchev–Trinajstić information content (AvgIpc) is 2.81. The summed E-state index contributed by atoms with van der Waals surface area (Å²) in [7, 11) is 0. The van der Waals surface area contributed by atoms with E-state index in [4.69, 9.17) is 4.74 Å². The minimum absolute atomic E-state index is 0.0481. The van der Waals surface area contributed by atoms with Gasteiger partial charge in [-0.15, -0.1) is 0 Å². The van der Waals surface area contributed by atoms with Crippen molar-refractivity contribution in [3.05, 3.63) is 101 Å². The van der Waals surface area contributed by atoms with E-state index in [1.54, 1.807) is 49.5 Å². The Morgan fingerprint density at radius 1 is 0.872 bits per heavy atom. The molecule has 0 bridgehead atoms. The monoisotopic (exact) mass is 560 g/mol. The molecule has 4 nitrogen and oxygen atoms in total. The van der Waals surface area contributed by atoms with Crippen LogP contribution >= 0.6 is 0 Å². The third-order valence-electron chi connectivity index (χ3n) is 5.59. The predicted octanol–water partition coefficient (Wildman–Crippen LogP) is 7.12. The quantitative estimate of drug-likeness (QED) is 0.289. The molecule has 3 rings (SSSR count). The van der Waals surface area contributed by atoms with Gasteiger partial charge in [-0.3, -0.25) is 0 Å². The maximum absolute atomic E-state index is 14.8. The van der Waals surface area contributed by atoms with Crippen LogP contribution in [-0.4, -0.2) is 24.9 Å². The summed E-state index contributed by atoms with van der Waals surface area (Å²) in [4.78, 5) is 12.8. The van der Waals surface area contributed by atoms with Crippen LogP contribution in [0.15, 0.2) is 66.7 Å². The summed E-state index contributed by atoms with van der Waals surface area (Å²) in [5, 5.41) is 3.95. The molecule has 1 atom stereocenters. The number of rotatable bonds is 8. The second kappa shape index (κ2) is 11.5. The molecule has 0 aliphatic carbocycles. The molecule has 2 N–H and O–H groups in total. The van der Waals surface area contributed by atoms with Crippen LogP contribution in [0.4, 0.5) is 39.9 Å². The van der Waals surface area contributed by atoms with Crippen LogP contribution < -0.4 is 15.4 Å². The molecule has 0 fully saturated rings. The van der Waals surface area contributed by atoms with Crippen LogP contribution in [0, 0.1) is 11.6 Å². The molecule has 12 heteroatoms. The van der Waals surface area contributed by atoms with Crippen LogP contribution in [0.25, 0.3) is 0 Å². The summed E-state index contributed by atoms with van der Waals surface area (Å²) >= 11 is 0. The molecule has 0 spiro atoms. The van der Waals surface area contributed by atoms with Crippen molar-refractivity contribution in [2.45, 2.75) is 44.3 Å². The highest BCUT2D eigenvalue weighted by molar-refractivity contribution is 5.76. The van der Waals surface area contributed by atoms with E-state index in [0.717, 1.165) is 18.2 Å². The standard InChI is InChI=1S/C27H24F8N2O2/c1-16(2)39-21-11-19(10-20(28)13-21)25(14-17-6-4-3-5-7-17,37-24(38)36-15-26(30,31)32)18-8-9-23(29)22(12-18)27(33,34)35/h3-13,16H,14-15H2,1-2H3,(H2,36,37,38). The zero-order valence-corrected chi connectivity index (χ0v) is 20.7. The minimum atomic E-state index is -5.15. The van der Waals surface area contributed by atoms with Crippen molar-refractivity contribution in [2.75, 3.05) is 6.54 Å². The Kier molecular flexibility index (Phi) is 8.77. The smallest absolute Gasteiger partial charge is 0.419 e. The third kappa shape index (κ3) is 7.84. The SMILES string of the molecule is CC(C)Oc1cc(F)cc(C(Cc2ccccc2)(NC(=O)NCC(F)(F)F)c2ccc(F)c(C(F)(F)F)c2)c1. The number of hydrogen-bond donors (Lipinski definition) is 2. The predicted molar refractivity (Wildman–Crippen MR) is 127 cm³/mol. The van der Waals surface area contributed by atoms with Crippen LogP contribution in [-0.2, 0) is 18.1 Å². The van der Waals surface area contributed by atoms with Gasteiger partial charge in [0, 0.05) is 12.5 Å². The number of carbonyl (C=O) groups excluding carboxylic acids is 1. The van der Waals surface area contributed by atoms with E-state index in [-0.39, 0.29) is 23.3 Å². The highest BCUT2D eigenvalue weighted by atomic mass is 19.4. The van der Waals surface area contributed by atoms with Gasteiger partial charge in [0.2, 0.25) is 0 Å². The van der Waals surface area contributed by atoms with Crippen molar-refractivity contribution in [3.63, 3.8) is 0 Å². The Morgan fingerprint density at radius 2 is 1.54 bits per heavy atom. The van der Waals surface area contributed by atoms with E-state index in [1.807, 2.05) is 0 Å². The zero-order valence-electron chi connectivity index (χ0n) is 20.7. The van der Waals surface area contributed by atoms with E-state index in [0.29, 0.717) is 17.7 Å². The fourth-order valence-electron chi connectivity index (χ4n) is 4.04. The second-order valence-electron chi connectivity index (χ2n) is 9.03. The number of ether oxygens (including phenoxy) is 1. The Labute approximate surface area is 219 Å². The van der Waals surface area contributed by atoms with Crippen LogP contribution in [0.1, 0.15) is 36.1 Å². The molecule has 0 aliphatic heterocycles. The van der Waals surface area contributed by atoms with E-state index >= 15 is 0 Å². The van der Waals surface area contributed by atoms with Crippen molar-refractivity contribution < 1.29 is 44.7 Å². The third-order valence-corrected chi connectivity index (χ3v) is 5.59. The lowest BCUT2D eigenvalue weighted by atomic mass is 9.77. The topological polar surface area (TPSA) is 50.4 Å². The molecule has 0 saturated carbocycles. The molecule has 3 aromatic rings. The highest BCUT2D eigenvalue weighted by Gasteiger charge is 2.41. The van der Waals surface area contributed by atoms with Crippen LogP contribution in [0.2, 0.25) is 0 Å². The zero-order chi connectivity index (χ0) is 29.0. The van der Waals surface area contributed by atoms with E-state index in [9.17, 15) is 39.9 Å².